The van der Waals surface area contributed by atoms with E-state index >= 15 is 0 Å². The summed E-state index contributed by atoms with van der Waals surface area (Å²) in [6.07, 6.45) is 2.61. The fraction of sp³-hybridized carbons (Fsp3) is 0.412. The van der Waals surface area contributed by atoms with Crippen LogP contribution in [0.2, 0.25) is 0 Å². The van der Waals surface area contributed by atoms with Gasteiger partial charge in [0.25, 0.3) is 0 Å². The minimum atomic E-state index is -0.139. The summed E-state index contributed by atoms with van der Waals surface area (Å²) in [7, 11) is 0. The Labute approximate surface area is 134 Å². The minimum Gasteiger partial charge on any atom is -0.311 e. The second kappa shape index (κ2) is 6.51. The van der Waals surface area contributed by atoms with E-state index in [1.165, 1.54) is 18.6 Å². The first kappa shape index (κ1) is 15.1. The molecule has 1 aromatic carbocycles. The molecule has 21 heavy (non-hydrogen) atoms. The minimum absolute atomic E-state index is 0.139. The molecule has 1 saturated heterocycles. The summed E-state index contributed by atoms with van der Waals surface area (Å²) in [6, 6.07) is 9.36. The standard InChI is InChI=1S/C17H20FNS2/c1-17(7-3-9-21-17)12-19-11-13-5-6-15(18)14(10-13)16-4-2-8-20-16/h2,4-6,8,10,19H,3,7,9,11-12H2,1H3. The predicted molar refractivity (Wildman–Crippen MR) is 91.5 cm³/mol. The van der Waals surface area contributed by atoms with E-state index in [-0.39, 0.29) is 5.82 Å². The van der Waals surface area contributed by atoms with Gasteiger partial charge in [0.1, 0.15) is 5.82 Å². The molecule has 2 aromatic rings. The first-order chi connectivity index (χ1) is 10.2. The Morgan fingerprint density at radius 2 is 2.24 bits per heavy atom. The maximum atomic E-state index is 13.9. The number of thiophene rings is 1. The zero-order chi connectivity index (χ0) is 14.7. The summed E-state index contributed by atoms with van der Waals surface area (Å²) >= 11 is 3.64. The van der Waals surface area contributed by atoms with Gasteiger partial charge < -0.3 is 5.32 Å². The summed E-state index contributed by atoms with van der Waals surface area (Å²) in [5.41, 5.74) is 1.86. The lowest BCUT2D eigenvalue weighted by molar-refractivity contribution is 0.536. The van der Waals surface area contributed by atoms with Crippen molar-refractivity contribution in [2.75, 3.05) is 12.3 Å². The molecule has 1 aromatic heterocycles. The first-order valence-electron chi connectivity index (χ1n) is 7.33. The zero-order valence-electron chi connectivity index (χ0n) is 12.2. The van der Waals surface area contributed by atoms with E-state index < -0.39 is 0 Å². The molecule has 0 amide bonds. The molecule has 1 N–H and O–H groups in total. The van der Waals surface area contributed by atoms with Crippen molar-refractivity contribution in [2.24, 2.45) is 0 Å². The van der Waals surface area contributed by atoms with Crippen LogP contribution in [0, 0.1) is 5.82 Å². The molecule has 0 aliphatic carbocycles. The monoisotopic (exact) mass is 321 g/mol. The molecule has 1 unspecified atom stereocenters. The van der Waals surface area contributed by atoms with Crippen LogP contribution >= 0.6 is 23.1 Å². The van der Waals surface area contributed by atoms with Crippen LogP contribution < -0.4 is 5.32 Å². The highest BCUT2D eigenvalue weighted by atomic mass is 32.2. The number of halogens is 1. The van der Waals surface area contributed by atoms with Gasteiger partial charge in [0.2, 0.25) is 0 Å². The molecule has 2 heterocycles. The van der Waals surface area contributed by atoms with Crippen LogP contribution in [0.3, 0.4) is 0 Å². The quantitative estimate of drug-likeness (QED) is 0.838. The second-order valence-corrected chi connectivity index (χ2v) is 8.43. The number of rotatable bonds is 5. The van der Waals surface area contributed by atoms with E-state index in [4.69, 9.17) is 0 Å². The molecule has 1 fully saturated rings. The van der Waals surface area contributed by atoms with Crippen LogP contribution in [-0.2, 0) is 6.54 Å². The molecule has 1 aliphatic heterocycles. The van der Waals surface area contributed by atoms with E-state index in [1.54, 1.807) is 17.4 Å². The van der Waals surface area contributed by atoms with Crippen molar-refractivity contribution in [3.63, 3.8) is 0 Å². The highest BCUT2D eigenvalue weighted by molar-refractivity contribution is 8.00. The number of nitrogens with one attached hydrogen (secondary N) is 1. The van der Waals surface area contributed by atoms with Gasteiger partial charge in [-0.2, -0.15) is 11.8 Å². The normalized spacial score (nSPS) is 21.8. The molecule has 0 radical (unpaired) electrons. The highest BCUT2D eigenvalue weighted by Gasteiger charge is 2.28. The Hall–Kier alpha value is -0.840. The van der Waals surface area contributed by atoms with Gasteiger partial charge >= 0.3 is 0 Å². The first-order valence-corrected chi connectivity index (χ1v) is 9.20. The maximum Gasteiger partial charge on any atom is 0.131 e. The number of hydrogen-bond donors (Lipinski definition) is 1. The number of hydrogen-bond acceptors (Lipinski definition) is 3. The van der Waals surface area contributed by atoms with Gasteiger partial charge in [-0.25, -0.2) is 4.39 Å². The molecule has 1 nitrogen and oxygen atoms in total. The van der Waals surface area contributed by atoms with Gasteiger partial charge in [-0.05, 0) is 54.7 Å². The van der Waals surface area contributed by atoms with Crippen LogP contribution in [0.1, 0.15) is 25.3 Å². The van der Waals surface area contributed by atoms with Crippen molar-refractivity contribution >= 4 is 23.1 Å². The number of thioether (sulfide) groups is 1. The fourth-order valence-electron chi connectivity index (χ4n) is 2.75. The van der Waals surface area contributed by atoms with E-state index in [0.717, 1.165) is 23.5 Å². The third-order valence-electron chi connectivity index (χ3n) is 3.95. The topological polar surface area (TPSA) is 12.0 Å². The van der Waals surface area contributed by atoms with Crippen LogP contribution in [0.5, 0.6) is 0 Å². The van der Waals surface area contributed by atoms with Crippen LogP contribution in [-0.4, -0.2) is 17.0 Å². The van der Waals surface area contributed by atoms with Gasteiger partial charge in [0.15, 0.2) is 0 Å². The Balaban J connectivity index is 1.65. The van der Waals surface area contributed by atoms with Gasteiger partial charge in [0, 0.05) is 28.3 Å². The largest absolute Gasteiger partial charge is 0.311 e. The molecular formula is C17H20FNS2. The van der Waals surface area contributed by atoms with Gasteiger partial charge in [-0.1, -0.05) is 12.1 Å². The molecule has 1 atom stereocenters. The van der Waals surface area contributed by atoms with E-state index in [1.807, 2.05) is 29.6 Å². The Morgan fingerprint density at radius 1 is 1.33 bits per heavy atom. The van der Waals surface area contributed by atoms with Crippen molar-refractivity contribution in [3.8, 4) is 10.4 Å². The SMILES string of the molecule is CC1(CNCc2ccc(F)c(-c3cccs3)c2)CCCS1. The van der Waals surface area contributed by atoms with Crippen molar-refractivity contribution < 1.29 is 4.39 Å². The molecule has 0 spiro atoms. The zero-order valence-corrected chi connectivity index (χ0v) is 13.8. The lowest BCUT2D eigenvalue weighted by Gasteiger charge is -2.23. The van der Waals surface area contributed by atoms with Crippen molar-refractivity contribution in [3.05, 3.63) is 47.1 Å². The van der Waals surface area contributed by atoms with Crippen LogP contribution in [0.4, 0.5) is 4.39 Å². The molecule has 1 aliphatic rings. The lowest BCUT2D eigenvalue weighted by atomic mass is 10.1. The summed E-state index contributed by atoms with van der Waals surface area (Å²) < 4.78 is 14.3. The highest BCUT2D eigenvalue weighted by Crippen LogP contribution is 2.37. The molecule has 0 saturated carbocycles. The molecular weight excluding hydrogens is 301 g/mol. The van der Waals surface area contributed by atoms with Crippen molar-refractivity contribution in [1.29, 1.82) is 0 Å². The summed E-state index contributed by atoms with van der Waals surface area (Å²) in [4.78, 5) is 0.993. The molecule has 0 bridgehead atoms. The van der Waals surface area contributed by atoms with E-state index in [0.29, 0.717) is 10.3 Å². The van der Waals surface area contributed by atoms with Gasteiger partial charge in [0.05, 0.1) is 0 Å². The Morgan fingerprint density at radius 3 is 2.95 bits per heavy atom. The van der Waals surface area contributed by atoms with E-state index in [9.17, 15) is 4.39 Å². The van der Waals surface area contributed by atoms with Crippen molar-refractivity contribution in [2.45, 2.75) is 31.1 Å². The summed E-state index contributed by atoms with van der Waals surface area (Å²) in [5, 5.41) is 5.52. The van der Waals surface area contributed by atoms with Crippen LogP contribution in [0.25, 0.3) is 10.4 Å². The Kier molecular flexibility index (Phi) is 4.67. The summed E-state index contributed by atoms with van der Waals surface area (Å²) in [6.45, 7) is 4.15. The molecule has 3 rings (SSSR count). The third-order valence-corrected chi connectivity index (χ3v) is 6.39. The smallest absolute Gasteiger partial charge is 0.131 e. The average Bonchev–Trinajstić information content (AvgIpc) is 3.12. The molecule has 4 heteroatoms. The predicted octanol–water partition coefficient (Wildman–Crippen LogP) is 4.93. The lowest BCUT2D eigenvalue weighted by Crippen LogP contribution is -2.32. The maximum absolute atomic E-state index is 13.9. The van der Waals surface area contributed by atoms with E-state index in [2.05, 4.69) is 24.0 Å². The second-order valence-electron chi connectivity index (χ2n) is 5.80. The average molecular weight is 321 g/mol. The Bertz CT molecular complexity index is 589. The van der Waals surface area contributed by atoms with Crippen LogP contribution in [0.15, 0.2) is 35.7 Å². The third kappa shape index (κ3) is 3.68. The van der Waals surface area contributed by atoms with Gasteiger partial charge in [-0.15, -0.1) is 11.3 Å². The van der Waals surface area contributed by atoms with Gasteiger partial charge in [-0.3, -0.25) is 0 Å². The van der Waals surface area contributed by atoms with Crippen molar-refractivity contribution in [1.82, 2.24) is 5.32 Å². The summed E-state index contributed by atoms with van der Waals surface area (Å²) in [5.74, 6) is 1.14. The fourth-order valence-corrected chi connectivity index (χ4v) is 4.77. The number of benzene rings is 1. The molecule has 112 valence electrons.